The maximum Gasteiger partial charge on any atom is 0.229 e. The first-order valence-corrected chi connectivity index (χ1v) is 11.2. The molecule has 0 unspecified atom stereocenters. The smallest absolute Gasteiger partial charge is 0.229 e. The summed E-state index contributed by atoms with van der Waals surface area (Å²) in [5.41, 5.74) is 4.40. The Morgan fingerprint density at radius 1 is 1.00 bits per heavy atom. The lowest BCUT2D eigenvalue weighted by molar-refractivity contribution is 0.566. The van der Waals surface area contributed by atoms with Gasteiger partial charge in [0.25, 0.3) is 0 Å². The Labute approximate surface area is 191 Å². The molecule has 1 saturated heterocycles. The molecule has 0 spiro atoms. The zero-order valence-corrected chi connectivity index (χ0v) is 18.1. The lowest BCUT2D eigenvalue weighted by Crippen LogP contribution is -2.43. The van der Waals surface area contributed by atoms with Crippen LogP contribution in [0.1, 0.15) is 11.1 Å². The summed E-state index contributed by atoms with van der Waals surface area (Å²) in [4.78, 5) is 18.2. The molecule has 1 aromatic heterocycles. The number of hydrogen-bond acceptors (Lipinski definition) is 7. The third kappa shape index (κ3) is 3.72. The standard InChI is InChI=1S/C25H24FN7/c26-21-15-19(6-7-22(21)32-11-8-27-9-12-32)30-25-29-16-18-14-20(17-4-2-1-3-5-17)24-28-10-13-33(24)23(18)31-25/h1-7,14-16,27H,8-13H2,(H,29,30,31). The quantitative estimate of drug-likeness (QED) is 0.646. The van der Waals surface area contributed by atoms with Gasteiger partial charge in [0.15, 0.2) is 0 Å². The van der Waals surface area contributed by atoms with E-state index >= 15 is 0 Å². The molecule has 166 valence electrons. The van der Waals surface area contributed by atoms with Gasteiger partial charge in [0.05, 0.1) is 12.2 Å². The van der Waals surface area contributed by atoms with Crippen LogP contribution in [0.15, 0.2) is 59.7 Å². The van der Waals surface area contributed by atoms with E-state index in [1.165, 1.54) is 6.07 Å². The van der Waals surface area contributed by atoms with Gasteiger partial charge in [-0.25, -0.2) is 9.37 Å². The molecule has 8 heteroatoms. The molecule has 7 nitrogen and oxygen atoms in total. The predicted molar refractivity (Wildman–Crippen MR) is 131 cm³/mol. The van der Waals surface area contributed by atoms with Gasteiger partial charge in [-0.05, 0) is 29.8 Å². The van der Waals surface area contributed by atoms with Gasteiger partial charge in [-0.3, -0.25) is 4.99 Å². The molecule has 0 radical (unpaired) electrons. The third-order valence-corrected chi connectivity index (χ3v) is 6.18. The number of aliphatic imine (C=N–C) groups is 1. The van der Waals surface area contributed by atoms with Crippen molar-refractivity contribution in [2.24, 2.45) is 4.99 Å². The number of benzene rings is 2. The van der Waals surface area contributed by atoms with Gasteiger partial charge in [-0.1, -0.05) is 30.3 Å². The molecule has 6 rings (SSSR count). The molecule has 3 aliphatic rings. The Balaban J connectivity index is 1.28. The molecular formula is C25H24FN7. The van der Waals surface area contributed by atoms with Crippen molar-refractivity contribution in [1.82, 2.24) is 15.3 Å². The Morgan fingerprint density at radius 2 is 1.85 bits per heavy atom. The van der Waals surface area contributed by atoms with Crippen molar-refractivity contribution in [1.29, 1.82) is 0 Å². The fraction of sp³-hybridized carbons (Fsp3) is 0.240. The summed E-state index contributed by atoms with van der Waals surface area (Å²) in [5, 5.41) is 6.46. The number of fused-ring (bicyclic) bond motifs is 3. The summed E-state index contributed by atoms with van der Waals surface area (Å²) in [6.45, 7) is 4.84. The van der Waals surface area contributed by atoms with Crippen LogP contribution in [0, 0.1) is 5.82 Å². The highest BCUT2D eigenvalue weighted by Gasteiger charge is 2.30. The number of piperazine rings is 1. The number of aromatic nitrogens is 2. The van der Waals surface area contributed by atoms with Crippen LogP contribution in [0.5, 0.6) is 0 Å². The van der Waals surface area contributed by atoms with Crippen LogP contribution >= 0.6 is 0 Å². The SMILES string of the molecule is Fc1cc(Nc2ncc3c(n2)N2CCN=C2C(c2ccccc2)=C3)ccc1N1CCNCC1. The Kier molecular flexibility index (Phi) is 4.99. The summed E-state index contributed by atoms with van der Waals surface area (Å²) < 4.78 is 14.8. The van der Waals surface area contributed by atoms with Gasteiger partial charge in [0.2, 0.25) is 5.95 Å². The molecule has 1 fully saturated rings. The van der Waals surface area contributed by atoms with Crippen molar-refractivity contribution in [3.8, 4) is 0 Å². The van der Waals surface area contributed by atoms with E-state index in [1.807, 2.05) is 36.5 Å². The largest absolute Gasteiger partial charge is 0.367 e. The second-order valence-corrected chi connectivity index (χ2v) is 8.28. The van der Waals surface area contributed by atoms with E-state index in [0.717, 1.165) is 67.6 Å². The summed E-state index contributed by atoms with van der Waals surface area (Å²) in [6, 6.07) is 15.5. The molecule has 4 heterocycles. The Hall–Kier alpha value is -3.78. The minimum absolute atomic E-state index is 0.246. The summed E-state index contributed by atoms with van der Waals surface area (Å²) in [5.74, 6) is 1.95. The van der Waals surface area contributed by atoms with Gasteiger partial charge in [-0.15, -0.1) is 0 Å². The fourth-order valence-electron chi connectivity index (χ4n) is 4.57. The van der Waals surface area contributed by atoms with E-state index in [1.54, 1.807) is 0 Å². The summed E-state index contributed by atoms with van der Waals surface area (Å²) in [6.07, 6.45) is 3.91. The molecule has 0 bridgehead atoms. The average Bonchev–Trinajstić information content (AvgIpc) is 3.35. The van der Waals surface area contributed by atoms with E-state index in [0.29, 0.717) is 17.3 Å². The highest BCUT2D eigenvalue weighted by molar-refractivity contribution is 6.35. The first-order valence-electron chi connectivity index (χ1n) is 11.2. The molecular weight excluding hydrogens is 417 g/mol. The monoisotopic (exact) mass is 441 g/mol. The van der Waals surface area contributed by atoms with Crippen LogP contribution < -0.4 is 20.4 Å². The topological polar surface area (TPSA) is 68.7 Å². The maximum absolute atomic E-state index is 14.8. The van der Waals surface area contributed by atoms with Crippen LogP contribution in [-0.2, 0) is 0 Å². The maximum atomic E-state index is 14.8. The second kappa shape index (κ2) is 8.29. The molecule has 2 N–H and O–H groups in total. The van der Waals surface area contributed by atoms with E-state index in [4.69, 9.17) is 9.98 Å². The van der Waals surface area contributed by atoms with E-state index in [9.17, 15) is 4.39 Å². The van der Waals surface area contributed by atoms with Gasteiger partial charge in [0.1, 0.15) is 17.5 Å². The van der Waals surface area contributed by atoms with Crippen LogP contribution in [0.2, 0.25) is 0 Å². The second-order valence-electron chi connectivity index (χ2n) is 8.28. The Morgan fingerprint density at radius 3 is 2.67 bits per heavy atom. The number of nitrogens with zero attached hydrogens (tertiary/aromatic N) is 5. The number of rotatable bonds is 4. The van der Waals surface area contributed by atoms with Crippen LogP contribution in [0.25, 0.3) is 11.6 Å². The van der Waals surface area contributed by atoms with Crippen LogP contribution in [0.3, 0.4) is 0 Å². The van der Waals surface area contributed by atoms with Crippen molar-refractivity contribution in [3.63, 3.8) is 0 Å². The van der Waals surface area contributed by atoms with Gasteiger partial charge in [-0.2, -0.15) is 4.98 Å². The third-order valence-electron chi connectivity index (χ3n) is 6.18. The van der Waals surface area contributed by atoms with E-state index in [2.05, 4.69) is 43.6 Å². The lowest BCUT2D eigenvalue weighted by Gasteiger charge is -2.29. The predicted octanol–water partition coefficient (Wildman–Crippen LogP) is 3.54. The highest BCUT2D eigenvalue weighted by Crippen LogP contribution is 2.35. The lowest BCUT2D eigenvalue weighted by atomic mass is 9.99. The van der Waals surface area contributed by atoms with E-state index < -0.39 is 0 Å². The first kappa shape index (κ1) is 19.9. The highest BCUT2D eigenvalue weighted by atomic mass is 19.1. The molecule has 3 aliphatic heterocycles. The average molecular weight is 442 g/mol. The molecule has 0 saturated carbocycles. The number of halogens is 1. The van der Waals surface area contributed by atoms with Crippen molar-refractivity contribution in [3.05, 3.63) is 71.7 Å². The van der Waals surface area contributed by atoms with Gasteiger partial charge < -0.3 is 20.4 Å². The van der Waals surface area contributed by atoms with Crippen molar-refractivity contribution >= 4 is 40.6 Å². The minimum Gasteiger partial charge on any atom is -0.367 e. The number of amidine groups is 1. The summed E-state index contributed by atoms with van der Waals surface area (Å²) in [7, 11) is 0. The normalized spacial score (nSPS) is 17.2. The van der Waals surface area contributed by atoms with E-state index in [-0.39, 0.29) is 5.82 Å². The molecule has 0 amide bonds. The van der Waals surface area contributed by atoms with Crippen molar-refractivity contribution in [2.45, 2.75) is 0 Å². The number of hydrogen-bond donors (Lipinski definition) is 2. The van der Waals surface area contributed by atoms with Crippen LogP contribution in [-0.4, -0.2) is 55.1 Å². The van der Waals surface area contributed by atoms with Crippen molar-refractivity contribution in [2.75, 3.05) is 54.4 Å². The first-order chi connectivity index (χ1) is 16.3. The minimum atomic E-state index is -0.246. The van der Waals surface area contributed by atoms with Crippen molar-refractivity contribution < 1.29 is 4.39 Å². The number of anilines is 4. The molecule has 3 aromatic rings. The zero-order valence-electron chi connectivity index (χ0n) is 18.1. The van der Waals surface area contributed by atoms with Gasteiger partial charge in [0, 0.05) is 55.7 Å². The molecule has 2 aromatic carbocycles. The molecule has 33 heavy (non-hydrogen) atoms. The van der Waals surface area contributed by atoms with Crippen LogP contribution in [0.4, 0.5) is 27.5 Å². The summed E-state index contributed by atoms with van der Waals surface area (Å²) >= 11 is 0. The number of nitrogens with one attached hydrogen (secondary N) is 2. The molecule has 0 atom stereocenters. The Bertz CT molecular complexity index is 1250. The fourth-order valence-corrected chi connectivity index (χ4v) is 4.57. The zero-order chi connectivity index (χ0) is 22.2. The molecule has 0 aliphatic carbocycles. The van der Waals surface area contributed by atoms with Gasteiger partial charge >= 0.3 is 0 Å².